The van der Waals surface area contributed by atoms with E-state index in [9.17, 15) is 9.59 Å². The van der Waals surface area contributed by atoms with Crippen molar-refractivity contribution in [2.24, 2.45) is 0 Å². The van der Waals surface area contributed by atoms with Crippen LogP contribution in [-0.2, 0) is 9.59 Å². The summed E-state index contributed by atoms with van der Waals surface area (Å²) in [5.41, 5.74) is 1.51. The van der Waals surface area contributed by atoms with Crippen LogP contribution >= 0.6 is 11.3 Å². The monoisotopic (exact) mass is 306 g/mol. The molecule has 3 rings (SSSR count). The fourth-order valence-electron chi connectivity index (χ4n) is 2.36. The molecule has 2 aromatic heterocycles. The SMILES string of the molecule is COc1c(-c2cn(C3CCC(=O)NC3=O)nn2)csc1C. The van der Waals surface area contributed by atoms with Gasteiger partial charge in [0, 0.05) is 16.7 Å². The van der Waals surface area contributed by atoms with Crippen molar-refractivity contribution in [2.45, 2.75) is 25.8 Å². The number of aryl methyl sites for hydroxylation is 1. The molecule has 0 spiro atoms. The topological polar surface area (TPSA) is 86.1 Å². The molecule has 110 valence electrons. The number of amides is 2. The number of carbonyl (C=O) groups excluding carboxylic acids is 2. The average molecular weight is 306 g/mol. The summed E-state index contributed by atoms with van der Waals surface area (Å²) in [6.45, 7) is 1.97. The second-order valence-electron chi connectivity index (χ2n) is 4.79. The van der Waals surface area contributed by atoms with Gasteiger partial charge in [-0.1, -0.05) is 5.21 Å². The van der Waals surface area contributed by atoms with E-state index in [-0.39, 0.29) is 11.8 Å². The van der Waals surface area contributed by atoms with Crippen molar-refractivity contribution in [3.8, 4) is 17.0 Å². The van der Waals surface area contributed by atoms with E-state index in [0.29, 0.717) is 18.5 Å². The Labute approximate surface area is 124 Å². The molecule has 2 amide bonds. The number of ether oxygens (including phenoxy) is 1. The molecule has 1 N–H and O–H groups in total. The summed E-state index contributed by atoms with van der Waals surface area (Å²) in [5.74, 6) is 0.193. The number of nitrogens with zero attached hydrogens (tertiary/aromatic N) is 3. The highest BCUT2D eigenvalue weighted by Gasteiger charge is 2.29. The Morgan fingerprint density at radius 1 is 1.48 bits per heavy atom. The van der Waals surface area contributed by atoms with Crippen molar-refractivity contribution >= 4 is 23.2 Å². The zero-order chi connectivity index (χ0) is 15.0. The molecule has 8 heteroatoms. The van der Waals surface area contributed by atoms with Crippen molar-refractivity contribution in [3.63, 3.8) is 0 Å². The minimum absolute atomic E-state index is 0.244. The summed E-state index contributed by atoms with van der Waals surface area (Å²) in [7, 11) is 1.61. The lowest BCUT2D eigenvalue weighted by molar-refractivity contribution is -0.136. The van der Waals surface area contributed by atoms with Gasteiger partial charge in [0.1, 0.15) is 17.5 Å². The second-order valence-corrected chi connectivity index (χ2v) is 5.87. The van der Waals surface area contributed by atoms with Crippen LogP contribution in [0, 0.1) is 6.92 Å². The zero-order valence-corrected chi connectivity index (χ0v) is 12.4. The molecule has 21 heavy (non-hydrogen) atoms. The standard InChI is InChI=1S/C13H14N4O3S/c1-7-12(20-2)8(6-21-7)9-5-17(16-15-9)10-3-4-11(18)14-13(10)19/h5-6,10H,3-4H2,1-2H3,(H,14,18,19). The molecule has 0 radical (unpaired) electrons. The molecular formula is C13H14N4O3S. The number of aromatic nitrogens is 3. The Bertz CT molecular complexity index is 706. The lowest BCUT2D eigenvalue weighted by Gasteiger charge is -2.20. The number of methoxy groups -OCH3 is 1. The third-order valence-electron chi connectivity index (χ3n) is 3.44. The van der Waals surface area contributed by atoms with E-state index < -0.39 is 6.04 Å². The van der Waals surface area contributed by atoms with Gasteiger partial charge in [0.2, 0.25) is 5.91 Å². The van der Waals surface area contributed by atoms with Crippen LogP contribution in [0.4, 0.5) is 0 Å². The van der Waals surface area contributed by atoms with E-state index in [2.05, 4.69) is 15.6 Å². The first kappa shape index (κ1) is 13.7. The molecule has 7 nitrogen and oxygen atoms in total. The number of nitrogens with one attached hydrogen (secondary N) is 1. The van der Waals surface area contributed by atoms with Crippen LogP contribution in [0.15, 0.2) is 11.6 Å². The molecule has 0 aliphatic carbocycles. The lowest BCUT2D eigenvalue weighted by atomic mass is 10.1. The highest BCUT2D eigenvalue weighted by atomic mass is 32.1. The summed E-state index contributed by atoms with van der Waals surface area (Å²) in [5, 5.41) is 12.4. The van der Waals surface area contributed by atoms with Gasteiger partial charge in [-0.15, -0.1) is 16.4 Å². The summed E-state index contributed by atoms with van der Waals surface area (Å²) >= 11 is 1.57. The lowest BCUT2D eigenvalue weighted by Crippen LogP contribution is -2.41. The third kappa shape index (κ3) is 2.42. The number of imide groups is 1. The van der Waals surface area contributed by atoms with Gasteiger partial charge >= 0.3 is 0 Å². The molecule has 1 saturated heterocycles. The van der Waals surface area contributed by atoms with E-state index in [4.69, 9.17) is 4.74 Å². The van der Waals surface area contributed by atoms with Gasteiger partial charge in [0.15, 0.2) is 0 Å². The third-order valence-corrected chi connectivity index (χ3v) is 4.33. The van der Waals surface area contributed by atoms with E-state index >= 15 is 0 Å². The Hall–Kier alpha value is -2.22. The van der Waals surface area contributed by atoms with Crippen molar-refractivity contribution in [1.29, 1.82) is 0 Å². The zero-order valence-electron chi connectivity index (χ0n) is 11.6. The highest BCUT2D eigenvalue weighted by Crippen LogP contribution is 2.36. The molecule has 0 aromatic carbocycles. The summed E-state index contributed by atoms with van der Waals surface area (Å²) < 4.78 is 6.87. The van der Waals surface area contributed by atoms with Crippen LogP contribution in [0.2, 0.25) is 0 Å². The molecule has 1 fully saturated rings. The molecule has 1 unspecified atom stereocenters. The predicted octanol–water partition coefficient (Wildman–Crippen LogP) is 1.30. The number of hydrogen-bond donors (Lipinski definition) is 1. The van der Waals surface area contributed by atoms with E-state index in [1.807, 2.05) is 12.3 Å². The summed E-state index contributed by atoms with van der Waals surface area (Å²) in [6, 6.07) is -0.491. The van der Waals surface area contributed by atoms with Crippen LogP contribution in [-0.4, -0.2) is 33.9 Å². The molecule has 1 aliphatic rings. The van der Waals surface area contributed by atoms with Crippen LogP contribution in [0.5, 0.6) is 5.75 Å². The molecular weight excluding hydrogens is 292 g/mol. The highest BCUT2D eigenvalue weighted by molar-refractivity contribution is 7.10. The number of hydrogen-bond acceptors (Lipinski definition) is 6. The average Bonchev–Trinajstić information content (AvgIpc) is 3.05. The van der Waals surface area contributed by atoms with Crippen LogP contribution < -0.4 is 10.1 Å². The first-order chi connectivity index (χ1) is 10.1. The molecule has 0 saturated carbocycles. The maximum atomic E-state index is 11.8. The van der Waals surface area contributed by atoms with Crippen molar-refractivity contribution in [3.05, 3.63) is 16.5 Å². The summed E-state index contributed by atoms with van der Waals surface area (Å²) in [4.78, 5) is 24.1. The van der Waals surface area contributed by atoms with E-state index in [1.54, 1.807) is 24.6 Å². The first-order valence-electron chi connectivity index (χ1n) is 6.48. The van der Waals surface area contributed by atoms with E-state index in [1.165, 1.54) is 4.68 Å². The van der Waals surface area contributed by atoms with Gasteiger partial charge in [-0.3, -0.25) is 14.9 Å². The molecule has 2 aromatic rings. The fourth-order valence-corrected chi connectivity index (χ4v) is 3.18. The van der Waals surface area contributed by atoms with Gasteiger partial charge in [0.25, 0.3) is 5.91 Å². The van der Waals surface area contributed by atoms with Crippen molar-refractivity contribution < 1.29 is 14.3 Å². The summed E-state index contributed by atoms with van der Waals surface area (Å²) in [6.07, 6.45) is 2.46. The molecule has 0 bridgehead atoms. The van der Waals surface area contributed by atoms with Gasteiger partial charge in [0.05, 0.1) is 18.9 Å². The van der Waals surface area contributed by atoms with Crippen molar-refractivity contribution in [1.82, 2.24) is 20.3 Å². The van der Waals surface area contributed by atoms with Gasteiger partial charge < -0.3 is 4.74 Å². The molecule has 1 atom stereocenters. The Kier molecular flexibility index (Phi) is 3.46. The maximum Gasteiger partial charge on any atom is 0.251 e. The van der Waals surface area contributed by atoms with Gasteiger partial charge in [-0.2, -0.15) is 0 Å². The van der Waals surface area contributed by atoms with E-state index in [0.717, 1.165) is 16.2 Å². The maximum absolute atomic E-state index is 11.8. The quantitative estimate of drug-likeness (QED) is 0.864. The second kappa shape index (κ2) is 5.28. The Morgan fingerprint density at radius 3 is 3.00 bits per heavy atom. The van der Waals surface area contributed by atoms with Crippen LogP contribution in [0.25, 0.3) is 11.3 Å². The largest absolute Gasteiger partial charge is 0.495 e. The first-order valence-corrected chi connectivity index (χ1v) is 7.36. The Morgan fingerprint density at radius 2 is 2.29 bits per heavy atom. The Balaban J connectivity index is 1.90. The number of thiophene rings is 1. The fraction of sp³-hybridized carbons (Fsp3) is 0.385. The smallest absolute Gasteiger partial charge is 0.251 e. The number of carbonyl (C=O) groups is 2. The van der Waals surface area contributed by atoms with Crippen LogP contribution in [0.1, 0.15) is 23.8 Å². The normalized spacial score (nSPS) is 18.7. The van der Waals surface area contributed by atoms with Gasteiger partial charge in [-0.05, 0) is 13.3 Å². The minimum atomic E-state index is -0.491. The number of rotatable bonds is 3. The molecule has 3 heterocycles. The molecule has 1 aliphatic heterocycles. The minimum Gasteiger partial charge on any atom is -0.495 e. The van der Waals surface area contributed by atoms with Crippen molar-refractivity contribution in [2.75, 3.05) is 7.11 Å². The van der Waals surface area contributed by atoms with Gasteiger partial charge in [-0.25, -0.2) is 4.68 Å². The van der Waals surface area contributed by atoms with Crippen LogP contribution in [0.3, 0.4) is 0 Å². The predicted molar refractivity (Wildman–Crippen MR) is 76.0 cm³/mol. The number of piperidine rings is 1.